The predicted molar refractivity (Wildman–Crippen MR) is 171 cm³/mol. The summed E-state index contributed by atoms with van der Waals surface area (Å²) in [4.78, 5) is 38.1. The first-order chi connectivity index (χ1) is 20.9. The molecule has 2 amide bonds. The van der Waals surface area contributed by atoms with Crippen LogP contribution in [-0.2, 0) is 4.74 Å². The van der Waals surface area contributed by atoms with Crippen molar-refractivity contribution < 1.29 is 18.8 Å². The second-order valence-corrected chi connectivity index (χ2v) is 12.3. The monoisotopic (exact) mass is 600 g/mol. The van der Waals surface area contributed by atoms with E-state index in [0.29, 0.717) is 34.4 Å². The van der Waals surface area contributed by atoms with Gasteiger partial charge in [-0.25, -0.2) is 14.8 Å². The number of ether oxygens (including phenoxy) is 1. The van der Waals surface area contributed by atoms with Gasteiger partial charge in [0.25, 0.3) is 5.91 Å². The van der Waals surface area contributed by atoms with Gasteiger partial charge in [-0.1, -0.05) is 31.5 Å². The van der Waals surface area contributed by atoms with E-state index in [-0.39, 0.29) is 22.8 Å². The fourth-order valence-electron chi connectivity index (χ4n) is 4.38. The molecule has 0 saturated heterocycles. The molecule has 0 aromatic carbocycles. The minimum atomic E-state index is -0.718. The largest absolute Gasteiger partial charge is 0.443 e. The fraction of sp³-hybridized carbons (Fsp3) is 0.406. The zero-order valence-electron chi connectivity index (χ0n) is 25.9. The van der Waals surface area contributed by atoms with Gasteiger partial charge in [-0.15, -0.1) is 0 Å². The molecule has 0 atom stereocenters. The molecule has 0 spiro atoms. The summed E-state index contributed by atoms with van der Waals surface area (Å²) in [6.07, 6.45) is 12.3. The molecular formula is C32H40N8O4. The Kier molecular flexibility index (Phi) is 8.61. The van der Waals surface area contributed by atoms with Gasteiger partial charge in [0.05, 0.1) is 22.8 Å². The summed E-state index contributed by atoms with van der Waals surface area (Å²) in [5, 5.41) is 10.3. The number of rotatable bonds is 6. The van der Waals surface area contributed by atoms with Gasteiger partial charge in [0, 0.05) is 31.6 Å². The van der Waals surface area contributed by atoms with Crippen LogP contribution in [-0.4, -0.2) is 45.8 Å². The van der Waals surface area contributed by atoms with E-state index in [9.17, 15) is 9.59 Å². The Bertz CT molecular complexity index is 1630. The summed E-state index contributed by atoms with van der Waals surface area (Å²) in [5.74, 6) is 1.49. The predicted octanol–water partition coefficient (Wildman–Crippen LogP) is 6.11. The van der Waals surface area contributed by atoms with Crippen LogP contribution in [0.1, 0.15) is 70.4 Å². The van der Waals surface area contributed by atoms with Crippen molar-refractivity contribution in [1.82, 2.24) is 20.4 Å². The molecule has 4 N–H and O–H groups in total. The third kappa shape index (κ3) is 7.01. The van der Waals surface area contributed by atoms with Crippen LogP contribution in [0.3, 0.4) is 0 Å². The molecule has 2 saturated carbocycles. The molecule has 12 nitrogen and oxygen atoms in total. The number of nitrogens with zero attached hydrogens (tertiary/aromatic N) is 5. The van der Waals surface area contributed by atoms with Gasteiger partial charge in [-0.05, 0) is 70.2 Å². The maximum atomic E-state index is 13.0. The maximum Gasteiger partial charge on any atom is 0.414 e. The number of hydrogen-bond donors (Lipinski definition) is 3. The van der Waals surface area contributed by atoms with Gasteiger partial charge < -0.3 is 25.6 Å². The molecule has 6 rings (SSSR count). The van der Waals surface area contributed by atoms with Crippen LogP contribution in [0.25, 0.3) is 11.0 Å². The van der Waals surface area contributed by atoms with Crippen LogP contribution in [0, 0.1) is 5.92 Å². The van der Waals surface area contributed by atoms with Gasteiger partial charge in [0.15, 0.2) is 11.3 Å². The minimum absolute atomic E-state index is 0.0383. The Morgan fingerprint density at radius 3 is 2.55 bits per heavy atom. The van der Waals surface area contributed by atoms with Crippen molar-refractivity contribution in [3.05, 3.63) is 66.5 Å². The van der Waals surface area contributed by atoms with E-state index in [1.54, 1.807) is 63.3 Å². The molecule has 0 radical (unpaired) electrons. The van der Waals surface area contributed by atoms with Crippen LogP contribution in [0.5, 0.6) is 0 Å². The number of aromatic nitrogens is 3. The van der Waals surface area contributed by atoms with Crippen molar-refractivity contribution in [2.45, 2.75) is 71.4 Å². The van der Waals surface area contributed by atoms with Crippen molar-refractivity contribution >= 4 is 46.0 Å². The topological polar surface area (TPSA) is 152 Å². The molecule has 0 unspecified atom stereocenters. The highest BCUT2D eigenvalue weighted by molar-refractivity contribution is 6.07. The van der Waals surface area contributed by atoms with E-state index < -0.39 is 17.6 Å². The lowest BCUT2D eigenvalue weighted by atomic mass is 9.93. The highest BCUT2D eigenvalue weighted by Crippen LogP contribution is 2.34. The number of pyridine rings is 2. The Balaban J connectivity index is 0.000000888. The van der Waals surface area contributed by atoms with Crippen LogP contribution < -0.4 is 26.2 Å². The maximum absolute atomic E-state index is 13.0. The average Bonchev–Trinajstić information content (AvgIpc) is 3.61. The summed E-state index contributed by atoms with van der Waals surface area (Å²) in [6.45, 7) is 11.8. The third-order valence-electron chi connectivity index (χ3n) is 7.36. The number of carbonyl (C=O) groups excluding carboxylic acids is 2. The number of fused-ring (bicyclic) bond motifs is 1. The number of nitrogens with one attached hydrogen (secondary N) is 2. The lowest BCUT2D eigenvalue weighted by molar-refractivity contribution is 0.0589. The summed E-state index contributed by atoms with van der Waals surface area (Å²) in [6, 6.07) is 5.23. The molecule has 44 heavy (non-hydrogen) atoms. The van der Waals surface area contributed by atoms with E-state index in [1.165, 1.54) is 17.7 Å². The molecule has 12 heteroatoms. The number of carbonyl (C=O) groups is 2. The molecule has 3 aliphatic rings. The molecule has 1 aliphatic heterocycles. The number of hydrogen-bond acceptors (Lipinski definition) is 10. The highest BCUT2D eigenvalue weighted by Gasteiger charge is 2.29. The average molecular weight is 601 g/mol. The van der Waals surface area contributed by atoms with E-state index in [2.05, 4.69) is 39.3 Å². The molecule has 4 heterocycles. The number of allylic oxidation sites excluding steroid dienone is 2. The number of amides is 2. The van der Waals surface area contributed by atoms with Gasteiger partial charge in [0.1, 0.15) is 16.9 Å². The van der Waals surface area contributed by atoms with Crippen molar-refractivity contribution in [1.29, 1.82) is 0 Å². The summed E-state index contributed by atoms with van der Waals surface area (Å²) < 4.78 is 11.0. The quantitative estimate of drug-likeness (QED) is 0.302. The number of nitrogens with two attached hydrogens (primary N) is 1. The lowest BCUT2D eigenvalue weighted by Crippen LogP contribution is -2.39. The lowest BCUT2D eigenvalue weighted by Gasteiger charge is -2.28. The standard InChI is InChI=1S/C28H32N8O4.C4H8/c1-16-19(12-8-14-36(16)25-18(29)11-7-13-30-25)32-21-15-20(35(5)27(38)39-28(2,3)4)22-23(33-21)24(40-34-22)26(37)31-17-9-6-10-17;1-4-2-3-4/h7-8,11-15,17H,1,6,9-10,29H2,2-5H3,(H,31,37)(H,32,33);4H,2-3H2,1H3. The van der Waals surface area contributed by atoms with E-state index in [1.807, 2.05) is 12.2 Å². The zero-order valence-corrected chi connectivity index (χ0v) is 25.9. The minimum Gasteiger partial charge on any atom is -0.443 e. The van der Waals surface area contributed by atoms with E-state index >= 15 is 0 Å². The van der Waals surface area contributed by atoms with Crippen molar-refractivity contribution in [3.8, 4) is 0 Å². The molecule has 3 aromatic heterocycles. The first-order valence-corrected chi connectivity index (χ1v) is 14.8. The molecule has 0 bridgehead atoms. The van der Waals surface area contributed by atoms with Crippen molar-refractivity contribution in [3.63, 3.8) is 0 Å². The molecular weight excluding hydrogens is 560 g/mol. The Labute approximate surface area is 257 Å². The Morgan fingerprint density at radius 1 is 1.20 bits per heavy atom. The first kappa shape index (κ1) is 30.6. The summed E-state index contributed by atoms with van der Waals surface area (Å²) in [5.41, 5.74) is 7.87. The van der Waals surface area contributed by atoms with Crippen LogP contribution in [0.2, 0.25) is 0 Å². The van der Waals surface area contributed by atoms with Crippen molar-refractivity contribution in [2.24, 2.45) is 5.92 Å². The summed E-state index contributed by atoms with van der Waals surface area (Å²) in [7, 11) is 1.56. The second kappa shape index (κ2) is 12.4. The highest BCUT2D eigenvalue weighted by atomic mass is 16.6. The smallest absolute Gasteiger partial charge is 0.414 e. The zero-order chi connectivity index (χ0) is 31.6. The molecule has 232 valence electrons. The third-order valence-corrected chi connectivity index (χ3v) is 7.36. The SMILES string of the molecule is C=C1C(Nc2cc(N(C)C(=O)OC(C)(C)C)c3noc(C(=O)NC4CCC4)c3n2)=CC=CN1c1ncccc1N.CC1CC1. The molecule has 3 aromatic rings. The van der Waals surface area contributed by atoms with Crippen LogP contribution >= 0.6 is 0 Å². The van der Waals surface area contributed by atoms with E-state index in [0.717, 1.165) is 25.2 Å². The van der Waals surface area contributed by atoms with Crippen molar-refractivity contribution in [2.75, 3.05) is 27.9 Å². The van der Waals surface area contributed by atoms with Gasteiger partial charge in [-0.2, -0.15) is 0 Å². The Hall–Kier alpha value is -4.87. The van der Waals surface area contributed by atoms with Gasteiger partial charge in [-0.3, -0.25) is 14.6 Å². The van der Waals surface area contributed by atoms with Gasteiger partial charge >= 0.3 is 6.09 Å². The summed E-state index contributed by atoms with van der Waals surface area (Å²) >= 11 is 0. The van der Waals surface area contributed by atoms with Gasteiger partial charge in [0.2, 0.25) is 5.76 Å². The normalized spacial score (nSPS) is 16.4. The number of nitrogen functional groups attached to an aromatic ring is 1. The fourth-order valence-corrected chi connectivity index (χ4v) is 4.38. The molecule has 2 fully saturated rings. The second-order valence-electron chi connectivity index (χ2n) is 12.3. The molecule has 2 aliphatic carbocycles. The Morgan fingerprint density at radius 2 is 1.93 bits per heavy atom. The van der Waals surface area contributed by atoms with Crippen LogP contribution in [0.15, 0.2) is 65.2 Å². The first-order valence-electron chi connectivity index (χ1n) is 14.8. The number of anilines is 4. The van der Waals surface area contributed by atoms with Crippen LogP contribution in [0.4, 0.5) is 27.8 Å². The van der Waals surface area contributed by atoms with E-state index in [4.69, 9.17) is 15.0 Å².